The van der Waals surface area contributed by atoms with Gasteiger partial charge in [-0.25, -0.2) is 0 Å². The summed E-state index contributed by atoms with van der Waals surface area (Å²) in [5, 5.41) is 9.98. The van der Waals surface area contributed by atoms with Crippen molar-refractivity contribution in [2.75, 3.05) is 13.1 Å². The van der Waals surface area contributed by atoms with Gasteiger partial charge in [-0.3, -0.25) is 9.69 Å². The maximum absolute atomic E-state index is 12.1. The smallest absolute Gasteiger partial charge is 0.320 e. The lowest BCUT2D eigenvalue weighted by Gasteiger charge is -2.29. The first-order valence-electron chi connectivity index (χ1n) is 20.1. The van der Waals surface area contributed by atoms with Crippen molar-refractivity contribution in [3.63, 3.8) is 0 Å². The fourth-order valence-electron chi connectivity index (χ4n) is 6.66. The van der Waals surface area contributed by atoms with Gasteiger partial charge < -0.3 is 5.11 Å². The van der Waals surface area contributed by atoms with Crippen molar-refractivity contribution in [2.45, 2.75) is 239 Å². The molecule has 0 aromatic heterocycles. The minimum atomic E-state index is -0.602. The summed E-state index contributed by atoms with van der Waals surface area (Å²) in [5.74, 6) is -0.602. The summed E-state index contributed by atoms with van der Waals surface area (Å²) in [5.41, 5.74) is 0. The Bertz CT molecular complexity index is 503. The Balaban J connectivity index is 3.92. The normalized spacial score (nSPS) is 12.4. The van der Waals surface area contributed by atoms with E-state index in [2.05, 4.69) is 25.7 Å². The Kier molecular flexibility index (Phi) is 35.4. The molecule has 0 aromatic rings. The van der Waals surface area contributed by atoms with E-state index in [1.165, 1.54) is 180 Å². The van der Waals surface area contributed by atoms with Crippen LogP contribution in [0.25, 0.3) is 0 Å². The van der Waals surface area contributed by atoms with E-state index in [1.54, 1.807) is 0 Å². The number of aliphatic carboxylic acids is 1. The van der Waals surface area contributed by atoms with Crippen LogP contribution in [0.3, 0.4) is 0 Å². The third-order valence-corrected chi connectivity index (χ3v) is 9.65. The molecule has 258 valence electrons. The van der Waals surface area contributed by atoms with E-state index in [9.17, 15) is 9.90 Å². The summed E-state index contributed by atoms with van der Waals surface area (Å²) in [7, 11) is 0. The van der Waals surface area contributed by atoms with Crippen LogP contribution in [0.2, 0.25) is 0 Å². The number of hydrogen-bond acceptors (Lipinski definition) is 2. The van der Waals surface area contributed by atoms with Gasteiger partial charge in [0.05, 0.1) is 0 Å². The molecular weight excluding hydrogens is 526 g/mol. The van der Waals surface area contributed by atoms with E-state index in [1.807, 2.05) is 0 Å². The predicted molar refractivity (Wildman–Crippen MR) is 192 cm³/mol. The molecule has 1 unspecified atom stereocenters. The third-order valence-electron chi connectivity index (χ3n) is 9.65. The summed E-state index contributed by atoms with van der Waals surface area (Å²) >= 11 is 0. The molecule has 0 rings (SSSR count). The number of carboxylic acids is 1. The Morgan fingerprint density at radius 1 is 0.395 bits per heavy atom. The molecule has 3 nitrogen and oxygen atoms in total. The van der Waals surface area contributed by atoms with Crippen LogP contribution < -0.4 is 0 Å². The second kappa shape index (κ2) is 35.9. The predicted octanol–water partition coefficient (Wildman–Crippen LogP) is 13.7. The monoisotopic (exact) mass is 608 g/mol. The lowest BCUT2D eigenvalue weighted by atomic mass is 10.0. The van der Waals surface area contributed by atoms with Crippen molar-refractivity contribution in [3.8, 4) is 0 Å². The first kappa shape index (κ1) is 42.4. The lowest BCUT2D eigenvalue weighted by molar-refractivity contribution is -0.143. The van der Waals surface area contributed by atoms with Gasteiger partial charge in [-0.1, -0.05) is 213 Å². The van der Waals surface area contributed by atoms with E-state index in [0.717, 1.165) is 45.2 Å². The zero-order valence-electron chi connectivity index (χ0n) is 30.1. The number of unbranched alkanes of at least 4 members (excludes halogenated alkanes) is 29. The second-order valence-electron chi connectivity index (χ2n) is 13.9. The highest BCUT2D eigenvalue weighted by molar-refractivity contribution is 5.73. The number of rotatable bonds is 37. The molecule has 0 radical (unpaired) electrons. The maximum Gasteiger partial charge on any atom is 0.320 e. The van der Waals surface area contributed by atoms with Crippen LogP contribution in [0.4, 0.5) is 0 Å². The first-order valence-corrected chi connectivity index (χ1v) is 20.1. The summed E-state index contributed by atoms with van der Waals surface area (Å²) in [4.78, 5) is 14.5. The van der Waals surface area contributed by atoms with Crippen molar-refractivity contribution in [3.05, 3.63) is 0 Å². The zero-order valence-corrected chi connectivity index (χ0v) is 30.1. The first-order chi connectivity index (χ1) is 21.2. The van der Waals surface area contributed by atoms with Gasteiger partial charge in [0, 0.05) is 0 Å². The average Bonchev–Trinajstić information content (AvgIpc) is 3.00. The van der Waals surface area contributed by atoms with Crippen molar-refractivity contribution in [1.82, 2.24) is 4.90 Å². The molecular formula is C40H81NO2. The van der Waals surface area contributed by atoms with Crippen molar-refractivity contribution < 1.29 is 9.90 Å². The van der Waals surface area contributed by atoms with Gasteiger partial charge in [-0.05, 0) is 32.4 Å². The highest BCUT2D eigenvalue weighted by Gasteiger charge is 2.24. The van der Waals surface area contributed by atoms with Gasteiger partial charge in [0.1, 0.15) is 6.04 Å². The molecule has 0 aliphatic rings. The molecule has 0 aliphatic heterocycles. The van der Waals surface area contributed by atoms with Crippen molar-refractivity contribution >= 4 is 5.97 Å². The van der Waals surface area contributed by atoms with Crippen LogP contribution in [0, 0.1) is 0 Å². The molecule has 0 spiro atoms. The summed E-state index contributed by atoms with van der Waals surface area (Å²) in [6.45, 7) is 8.70. The van der Waals surface area contributed by atoms with Crippen LogP contribution in [-0.4, -0.2) is 35.1 Å². The summed E-state index contributed by atoms with van der Waals surface area (Å²) in [6.07, 6.45) is 44.2. The van der Waals surface area contributed by atoms with Crippen LogP contribution in [0.15, 0.2) is 0 Å². The Hall–Kier alpha value is -0.570. The van der Waals surface area contributed by atoms with E-state index >= 15 is 0 Å². The number of nitrogens with zero attached hydrogens (tertiary/aromatic N) is 1. The lowest BCUT2D eigenvalue weighted by Crippen LogP contribution is -2.42. The molecule has 0 fully saturated rings. The number of hydrogen-bond donors (Lipinski definition) is 1. The number of carbonyl (C=O) groups is 1. The fraction of sp³-hybridized carbons (Fsp3) is 0.975. The van der Waals surface area contributed by atoms with E-state index in [4.69, 9.17) is 0 Å². The standard InChI is InChI=1S/C40H81NO2/c1-4-7-10-12-14-16-18-20-22-24-26-28-30-32-34-37-41(39(40(42)43)36-9-6-3)38-35-33-31-29-27-25-23-21-19-17-15-13-11-8-5-2/h39H,4-38H2,1-3H3,(H,42,43). The van der Waals surface area contributed by atoms with Crippen LogP contribution in [-0.2, 0) is 4.79 Å². The van der Waals surface area contributed by atoms with E-state index in [0.29, 0.717) is 0 Å². The minimum Gasteiger partial charge on any atom is -0.480 e. The molecule has 0 amide bonds. The topological polar surface area (TPSA) is 40.5 Å². The van der Waals surface area contributed by atoms with E-state index in [-0.39, 0.29) is 6.04 Å². The van der Waals surface area contributed by atoms with Crippen molar-refractivity contribution in [2.24, 2.45) is 0 Å². The van der Waals surface area contributed by atoms with Gasteiger partial charge in [0.2, 0.25) is 0 Å². The van der Waals surface area contributed by atoms with Crippen LogP contribution in [0.1, 0.15) is 233 Å². The molecule has 0 heterocycles. The van der Waals surface area contributed by atoms with Crippen LogP contribution >= 0.6 is 0 Å². The molecule has 0 bridgehead atoms. The van der Waals surface area contributed by atoms with Gasteiger partial charge >= 0.3 is 5.97 Å². The summed E-state index contributed by atoms with van der Waals surface area (Å²) in [6, 6.07) is -0.279. The molecule has 3 heteroatoms. The Labute approximate surface area is 272 Å². The fourth-order valence-corrected chi connectivity index (χ4v) is 6.66. The molecule has 0 saturated carbocycles. The summed E-state index contributed by atoms with van der Waals surface area (Å²) < 4.78 is 0. The van der Waals surface area contributed by atoms with Gasteiger partial charge in [0.15, 0.2) is 0 Å². The SMILES string of the molecule is CCCCCCCCCCCCCCCCCN(CCCCCCCCCCCCCCCCC)C(CCCC)C(=O)O. The Morgan fingerprint density at radius 2 is 0.628 bits per heavy atom. The molecule has 1 N–H and O–H groups in total. The van der Waals surface area contributed by atoms with Gasteiger partial charge in [-0.15, -0.1) is 0 Å². The highest BCUT2D eigenvalue weighted by Crippen LogP contribution is 2.17. The van der Waals surface area contributed by atoms with Gasteiger partial charge in [0.25, 0.3) is 0 Å². The van der Waals surface area contributed by atoms with Crippen LogP contribution in [0.5, 0.6) is 0 Å². The maximum atomic E-state index is 12.1. The molecule has 0 aromatic carbocycles. The third kappa shape index (κ3) is 31.2. The van der Waals surface area contributed by atoms with Crippen molar-refractivity contribution in [1.29, 1.82) is 0 Å². The molecule has 0 aliphatic carbocycles. The molecule has 0 saturated heterocycles. The largest absolute Gasteiger partial charge is 0.480 e. The highest BCUT2D eigenvalue weighted by atomic mass is 16.4. The van der Waals surface area contributed by atoms with Gasteiger partial charge in [-0.2, -0.15) is 0 Å². The van der Waals surface area contributed by atoms with E-state index < -0.39 is 5.97 Å². The Morgan fingerprint density at radius 3 is 0.860 bits per heavy atom. The molecule has 43 heavy (non-hydrogen) atoms. The second-order valence-corrected chi connectivity index (χ2v) is 13.9. The average molecular weight is 608 g/mol. The zero-order chi connectivity index (χ0) is 31.5. The quantitative estimate of drug-likeness (QED) is 0.0714. The molecule has 1 atom stereocenters. The minimum absolute atomic E-state index is 0.279. The number of carboxylic acid groups (broad SMARTS) is 1.